The molecule has 0 spiro atoms. The van der Waals surface area contributed by atoms with E-state index in [1.54, 1.807) is 35.8 Å². The third-order valence-electron chi connectivity index (χ3n) is 3.14. The van der Waals surface area contributed by atoms with E-state index in [0.29, 0.717) is 10.9 Å². The maximum atomic E-state index is 11.6. The first-order valence-electron chi connectivity index (χ1n) is 6.06. The van der Waals surface area contributed by atoms with E-state index in [9.17, 15) is 16.8 Å². The highest BCUT2D eigenvalue weighted by Crippen LogP contribution is 2.24. The monoisotopic (exact) mass is 316 g/mol. The molecule has 2 aromatic rings. The number of fused-ring (bicyclic) bond motifs is 1. The number of sulfonamides is 1. The molecule has 0 aliphatic carbocycles. The second kappa shape index (κ2) is 5.19. The summed E-state index contributed by atoms with van der Waals surface area (Å²) in [5.41, 5.74) is 0.655. The lowest BCUT2D eigenvalue weighted by Crippen LogP contribution is -2.14. The second-order valence-electron chi connectivity index (χ2n) is 4.49. The van der Waals surface area contributed by atoms with Gasteiger partial charge in [-0.05, 0) is 6.07 Å². The highest BCUT2D eigenvalue weighted by atomic mass is 32.2. The van der Waals surface area contributed by atoms with Crippen molar-refractivity contribution in [3.05, 3.63) is 30.5 Å². The molecule has 8 heteroatoms. The van der Waals surface area contributed by atoms with Gasteiger partial charge in [0.05, 0.1) is 5.75 Å². The van der Waals surface area contributed by atoms with Crippen molar-refractivity contribution in [2.75, 3.05) is 11.5 Å². The summed E-state index contributed by atoms with van der Waals surface area (Å²) < 4.78 is 47.9. The topological polar surface area (TPSA) is 99.2 Å². The molecule has 1 aromatic heterocycles. The van der Waals surface area contributed by atoms with E-state index >= 15 is 0 Å². The number of rotatable bonds is 5. The maximum absolute atomic E-state index is 11.6. The first-order chi connectivity index (χ1) is 9.24. The molecular formula is C12H16N2O4S2. The molecule has 2 N–H and O–H groups in total. The molecule has 0 aliphatic heterocycles. The van der Waals surface area contributed by atoms with Gasteiger partial charge in [-0.2, -0.15) is 0 Å². The van der Waals surface area contributed by atoms with Crippen molar-refractivity contribution in [2.45, 2.75) is 18.4 Å². The first-order valence-corrected chi connectivity index (χ1v) is 9.42. The largest absolute Gasteiger partial charge is 0.345 e. The van der Waals surface area contributed by atoms with Crippen molar-refractivity contribution in [1.82, 2.24) is 4.57 Å². The number of primary sulfonamides is 1. The fraction of sp³-hybridized carbons (Fsp3) is 0.333. The van der Waals surface area contributed by atoms with Gasteiger partial charge < -0.3 is 4.57 Å². The normalized spacial score (nSPS) is 12.9. The number of benzene rings is 1. The van der Waals surface area contributed by atoms with E-state index in [4.69, 9.17) is 5.14 Å². The molecule has 0 atom stereocenters. The van der Waals surface area contributed by atoms with Gasteiger partial charge in [0, 0.05) is 29.4 Å². The Morgan fingerprint density at radius 2 is 1.80 bits per heavy atom. The molecule has 0 amide bonds. The molecular weight excluding hydrogens is 300 g/mol. The van der Waals surface area contributed by atoms with Crippen molar-refractivity contribution < 1.29 is 16.8 Å². The summed E-state index contributed by atoms with van der Waals surface area (Å²) in [7, 11) is -6.95. The van der Waals surface area contributed by atoms with E-state index in [1.807, 2.05) is 0 Å². The van der Waals surface area contributed by atoms with Crippen LogP contribution in [-0.4, -0.2) is 32.9 Å². The number of aryl methyl sites for hydroxylation is 1. The average molecular weight is 316 g/mol. The van der Waals surface area contributed by atoms with E-state index in [0.717, 1.165) is 0 Å². The quantitative estimate of drug-likeness (QED) is 0.878. The molecule has 0 fully saturated rings. The van der Waals surface area contributed by atoms with Crippen LogP contribution >= 0.6 is 0 Å². The molecule has 0 aliphatic rings. The number of sulfone groups is 1. The molecule has 0 saturated heterocycles. The number of hydrogen-bond donors (Lipinski definition) is 1. The van der Waals surface area contributed by atoms with Gasteiger partial charge in [0.15, 0.2) is 9.84 Å². The molecule has 1 aromatic carbocycles. The Hall–Kier alpha value is -1.38. The Morgan fingerprint density at radius 1 is 1.15 bits per heavy atom. The van der Waals surface area contributed by atoms with Gasteiger partial charge >= 0.3 is 0 Å². The fourth-order valence-corrected chi connectivity index (χ4v) is 3.52. The number of hydrogen-bond acceptors (Lipinski definition) is 4. The lowest BCUT2D eigenvalue weighted by molar-refractivity contribution is 0.591. The molecule has 20 heavy (non-hydrogen) atoms. The smallest absolute Gasteiger partial charge is 0.240 e. The average Bonchev–Trinajstić information content (AvgIpc) is 2.75. The lowest BCUT2D eigenvalue weighted by atomic mass is 10.2. The van der Waals surface area contributed by atoms with Gasteiger partial charge in [0.1, 0.15) is 4.90 Å². The summed E-state index contributed by atoms with van der Waals surface area (Å²) in [6, 6.07) is 6.87. The van der Waals surface area contributed by atoms with E-state index in [-0.39, 0.29) is 22.9 Å². The Morgan fingerprint density at radius 3 is 2.40 bits per heavy atom. The van der Waals surface area contributed by atoms with Crippen LogP contribution in [0.4, 0.5) is 0 Å². The van der Waals surface area contributed by atoms with Crippen molar-refractivity contribution >= 4 is 30.8 Å². The SMILES string of the molecule is CCS(=O)(=O)CCn1cc(S(N)(=O)=O)c2ccccc21. The van der Waals surface area contributed by atoms with E-state index < -0.39 is 19.9 Å². The van der Waals surface area contributed by atoms with Gasteiger partial charge in [0.25, 0.3) is 0 Å². The van der Waals surface area contributed by atoms with Crippen LogP contribution in [0, 0.1) is 0 Å². The van der Waals surface area contributed by atoms with E-state index in [2.05, 4.69) is 0 Å². The van der Waals surface area contributed by atoms with Gasteiger partial charge in [-0.15, -0.1) is 0 Å². The number of nitrogens with zero attached hydrogens (tertiary/aromatic N) is 1. The molecule has 2 rings (SSSR count). The van der Waals surface area contributed by atoms with Crippen LogP contribution < -0.4 is 5.14 Å². The summed E-state index contributed by atoms with van der Waals surface area (Å²) in [5, 5.41) is 5.69. The lowest BCUT2D eigenvalue weighted by Gasteiger charge is -2.05. The molecule has 1 heterocycles. The van der Waals surface area contributed by atoms with Crippen LogP contribution in [0.1, 0.15) is 6.92 Å². The zero-order valence-electron chi connectivity index (χ0n) is 11.0. The molecule has 110 valence electrons. The van der Waals surface area contributed by atoms with Gasteiger partial charge in [-0.25, -0.2) is 22.0 Å². The number of para-hydroxylation sites is 1. The van der Waals surface area contributed by atoms with E-state index in [1.165, 1.54) is 6.20 Å². The number of aromatic nitrogens is 1. The molecule has 6 nitrogen and oxygen atoms in total. The van der Waals surface area contributed by atoms with Gasteiger partial charge in [-0.1, -0.05) is 25.1 Å². The van der Waals surface area contributed by atoms with Crippen LogP contribution in [-0.2, 0) is 26.4 Å². The highest BCUT2D eigenvalue weighted by molar-refractivity contribution is 7.91. The Balaban J connectivity index is 2.50. The van der Waals surface area contributed by atoms with Crippen LogP contribution in [0.5, 0.6) is 0 Å². The number of nitrogens with two attached hydrogens (primary N) is 1. The summed E-state index contributed by atoms with van der Waals surface area (Å²) >= 11 is 0. The summed E-state index contributed by atoms with van der Waals surface area (Å²) in [4.78, 5) is 0.0157. The third kappa shape index (κ3) is 3.02. The van der Waals surface area contributed by atoms with Crippen molar-refractivity contribution in [1.29, 1.82) is 0 Å². The maximum Gasteiger partial charge on any atom is 0.240 e. The second-order valence-corrected chi connectivity index (χ2v) is 8.49. The summed E-state index contributed by atoms with van der Waals surface area (Å²) in [5.74, 6) is 0.0283. The molecule has 0 bridgehead atoms. The summed E-state index contributed by atoms with van der Waals surface area (Å²) in [6.45, 7) is 1.78. The van der Waals surface area contributed by atoms with Gasteiger partial charge in [0.2, 0.25) is 10.0 Å². The molecule has 0 unspecified atom stereocenters. The Labute approximate surface area is 118 Å². The Bertz CT molecular complexity index is 835. The fourth-order valence-electron chi connectivity index (χ4n) is 2.01. The zero-order chi connectivity index (χ0) is 15.0. The van der Waals surface area contributed by atoms with Gasteiger partial charge in [-0.3, -0.25) is 0 Å². The van der Waals surface area contributed by atoms with Crippen LogP contribution in [0.25, 0.3) is 10.9 Å². The predicted molar refractivity (Wildman–Crippen MR) is 77.6 cm³/mol. The van der Waals surface area contributed by atoms with Crippen molar-refractivity contribution in [3.8, 4) is 0 Å². The van der Waals surface area contributed by atoms with Crippen molar-refractivity contribution in [2.24, 2.45) is 5.14 Å². The minimum Gasteiger partial charge on any atom is -0.345 e. The minimum atomic E-state index is -3.84. The zero-order valence-corrected chi connectivity index (χ0v) is 12.6. The molecule has 0 radical (unpaired) electrons. The summed E-state index contributed by atoms with van der Waals surface area (Å²) in [6.07, 6.45) is 1.39. The predicted octanol–water partition coefficient (Wildman–Crippen LogP) is 0.723. The van der Waals surface area contributed by atoms with Crippen LogP contribution in [0.2, 0.25) is 0 Å². The first kappa shape index (κ1) is 15.0. The highest BCUT2D eigenvalue weighted by Gasteiger charge is 2.17. The van der Waals surface area contributed by atoms with Crippen LogP contribution in [0.15, 0.2) is 35.4 Å². The Kier molecular flexibility index (Phi) is 3.90. The van der Waals surface area contributed by atoms with Crippen molar-refractivity contribution in [3.63, 3.8) is 0 Å². The minimum absolute atomic E-state index is 0.0157. The molecule has 0 saturated carbocycles. The standard InChI is InChI=1S/C12H16N2O4S2/c1-2-19(15,16)8-7-14-9-12(20(13,17)18)10-5-3-4-6-11(10)14/h3-6,9H,2,7-8H2,1H3,(H2,13,17,18). The third-order valence-corrected chi connectivity index (χ3v) is 5.76. The van der Waals surface area contributed by atoms with Crippen LogP contribution in [0.3, 0.4) is 0 Å².